The Morgan fingerprint density at radius 3 is 2.32 bits per heavy atom. The molecule has 0 aliphatic carbocycles. The molecule has 0 bridgehead atoms. The molecule has 0 saturated heterocycles. The van der Waals surface area contributed by atoms with E-state index in [4.69, 9.17) is 22.3 Å². The molecule has 0 saturated carbocycles. The van der Waals surface area contributed by atoms with Crippen LogP contribution in [0.4, 0.5) is 11.4 Å². The second-order valence-corrected chi connectivity index (χ2v) is 3.83. The fourth-order valence-corrected chi connectivity index (χ4v) is 1.62. The summed E-state index contributed by atoms with van der Waals surface area (Å²) >= 11 is 0. The summed E-state index contributed by atoms with van der Waals surface area (Å²) in [6, 6.07) is 7.43. The van der Waals surface area contributed by atoms with Gasteiger partial charge in [0, 0.05) is 18.8 Å². The van der Waals surface area contributed by atoms with E-state index in [0.717, 1.165) is 12.2 Å². The van der Waals surface area contributed by atoms with E-state index in [-0.39, 0.29) is 18.5 Å². The molecule has 0 aliphatic heterocycles. The molecule has 7 N–H and O–H groups in total. The van der Waals surface area contributed by atoms with Gasteiger partial charge >= 0.3 is 0 Å². The van der Waals surface area contributed by atoms with E-state index in [1.807, 2.05) is 36.1 Å². The molecule has 7 nitrogen and oxygen atoms in total. The Morgan fingerprint density at radius 1 is 1.21 bits per heavy atom. The quantitative estimate of drug-likeness (QED) is 0.430. The number of nitrogens with zero attached hydrogens (tertiary/aromatic N) is 3. The molecule has 0 unspecified atom stereocenters. The third-order valence-corrected chi connectivity index (χ3v) is 2.45. The molecular formula is C12H20N6O. The largest absolute Gasteiger partial charge is 0.395 e. The number of guanidine groups is 2. The second kappa shape index (κ2) is 7.22. The normalized spacial score (nSPS) is 11.2. The van der Waals surface area contributed by atoms with Gasteiger partial charge in [0.05, 0.1) is 12.3 Å². The predicted octanol–water partition coefficient (Wildman–Crippen LogP) is -0.275. The van der Waals surface area contributed by atoms with Crippen molar-refractivity contribution in [2.45, 2.75) is 6.92 Å². The molecule has 0 spiro atoms. The fourth-order valence-electron chi connectivity index (χ4n) is 1.62. The first-order chi connectivity index (χ1) is 9.06. The van der Waals surface area contributed by atoms with E-state index in [9.17, 15) is 0 Å². The number of benzene rings is 1. The number of nitrogens with two attached hydrogens (primary N) is 3. The third kappa shape index (κ3) is 4.84. The second-order valence-electron chi connectivity index (χ2n) is 3.83. The number of anilines is 1. The molecule has 0 heterocycles. The van der Waals surface area contributed by atoms with Crippen LogP contribution in [-0.4, -0.2) is 36.7 Å². The van der Waals surface area contributed by atoms with E-state index >= 15 is 0 Å². The van der Waals surface area contributed by atoms with E-state index in [2.05, 4.69) is 9.98 Å². The standard InChI is InChI=1S/C12H20N6O/c1-2-18(7-8-19)10-5-3-9(4-6-10)16-12(15)17-11(13)14/h3-6,19H,2,7-8H2,1H3,(H6,13,14,15,16,17). The molecule has 1 aromatic rings. The number of rotatable bonds is 5. The molecule has 1 rings (SSSR count). The highest BCUT2D eigenvalue weighted by Crippen LogP contribution is 2.19. The molecule has 0 amide bonds. The summed E-state index contributed by atoms with van der Waals surface area (Å²) in [6.45, 7) is 3.55. The highest BCUT2D eigenvalue weighted by atomic mass is 16.3. The van der Waals surface area contributed by atoms with Gasteiger partial charge in [0.2, 0.25) is 5.96 Å². The molecule has 0 fully saturated rings. The van der Waals surface area contributed by atoms with Crippen molar-refractivity contribution in [1.29, 1.82) is 0 Å². The zero-order valence-corrected chi connectivity index (χ0v) is 11.0. The van der Waals surface area contributed by atoms with Crippen LogP contribution in [-0.2, 0) is 0 Å². The number of aliphatic hydroxyl groups is 1. The molecule has 0 radical (unpaired) electrons. The van der Waals surface area contributed by atoms with Crippen LogP contribution in [0.15, 0.2) is 34.3 Å². The maximum absolute atomic E-state index is 8.97. The average molecular weight is 264 g/mol. The van der Waals surface area contributed by atoms with Crippen LogP contribution in [0.25, 0.3) is 0 Å². The van der Waals surface area contributed by atoms with Gasteiger partial charge in [-0.1, -0.05) is 0 Å². The van der Waals surface area contributed by atoms with Gasteiger partial charge in [-0.15, -0.1) is 0 Å². The third-order valence-electron chi connectivity index (χ3n) is 2.45. The molecule has 1 aromatic carbocycles. The van der Waals surface area contributed by atoms with Gasteiger partial charge < -0.3 is 27.2 Å². The van der Waals surface area contributed by atoms with E-state index < -0.39 is 0 Å². The molecular weight excluding hydrogens is 244 g/mol. The maximum Gasteiger partial charge on any atom is 0.223 e. The maximum atomic E-state index is 8.97. The van der Waals surface area contributed by atoms with Crippen LogP contribution in [0.2, 0.25) is 0 Å². The van der Waals surface area contributed by atoms with Gasteiger partial charge in [-0.3, -0.25) is 0 Å². The van der Waals surface area contributed by atoms with Gasteiger partial charge in [0.15, 0.2) is 5.96 Å². The summed E-state index contributed by atoms with van der Waals surface area (Å²) < 4.78 is 0. The van der Waals surface area contributed by atoms with Crippen LogP contribution < -0.4 is 22.1 Å². The summed E-state index contributed by atoms with van der Waals surface area (Å²) in [4.78, 5) is 9.73. The van der Waals surface area contributed by atoms with Gasteiger partial charge in [0.25, 0.3) is 0 Å². The zero-order valence-electron chi connectivity index (χ0n) is 11.0. The van der Waals surface area contributed by atoms with Gasteiger partial charge in [-0.2, -0.15) is 4.99 Å². The summed E-state index contributed by atoms with van der Waals surface area (Å²) in [5.41, 5.74) is 17.6. The van der Waals surface area contributed by atoms with Crippen molar-refractivity contribution in [2.24, 2.45) is 27.2 Å². The number of aliphatic imine (C=N–C) groups is 2. The SMILES string of the molecule is CCN(CCO)c1ccc(N=C(N)N=C(N)N)cc1. The predicted molar refractivity (Wildman–Crippen MR) is 78.5 cm³/mol. The Labute approximate surface area is 112 Å². The Morgan fingerprint density at radius 2 is 1.84 bits per heavy atom. The van der Waals surface area contributed by atoms with Gasteiger partial charge in [-0.05, 0) is 31.2 Å². The topological polar surface area (TPSA) is 126 Å². The van der Waals surface area contributed by atoms with Crippen molar-refractivity contribution in [1.82, 2.24) is 0 Å². The van der Waals surface area contributed by atoms with Crippen molar-refractivity contribution in [3.8, 4) is 0 Å². The Balaban J connectivity index is 2.84. The highest BCUT2D eigenvalue weighted by Gasteiger charge is 2.03. The number of hydrogen-bond acceptors (Lipinski definition) is 3. The minimum atomic E-state index is -0.127. The Hall–Kier alpha value is -2.28. The molecule has 0 atom stereocenters. The lowest BCUT2D eigenvalue weighted by atomic mass is 10.2. The summed E-state index contributed by atoms with van der Waals surface area (Å²) in [5, 5.41) is 8.97. The highest BCUT2D eigenvalue weighted by molar-refractivity contribution is 5.93. The first kappa shape index (κ1) is 14.8. The molecule has 19 heavy (non-hydrogen) atoms. The summed E-state index contributed by atoms with van der Waals surface area (Å²) in [5.74, 6) is -0.117. The minimum absolute atomic E-state index is 0.00968. The van der Waals surface area contributed by atoms with Gasteiger partial charge in [-0.25, -0.2) is 4.99 Å². The van der Waals surface area contributed by atoms with E-state index in [1.54, 1.807) is 0 Å². The fraction of sp³-hybridized carbons (Fsp3) is 0.333. The van der Waals surface area contributed by atoms with Crippen molar-refractivity contribution in [3.63, 3.8) is 0 Å². The summed E-state index contributed by atoms with van der Waals surface area (Å²) in [7, 11) is 0. The van der Waals surface area contributed by atoms with Crippen molar-refractivity contribution < 1.29 is 5.11 Å². The molecule has 0 aromatic heterocycles. The van der Waals surface area contributed by atoms with Crippen LogP contribution >= 0.6 is 0 Å². The van der Waals surface area contributed by atoms with Crippen molar-refractivity contribution in [3.05, 3.63) is 24.3 Å². The first-order valence-corrected chi connectivity index (χ1v) is 5.96. The van der Waals surface area contributed by atoms with Crippen LogP contribution in [0.1, 0.15) is 6.92 Å². The molecule has 0 aliphatic rings. The molecule has 104 valence electrons. The van der Waals surface area contributed by atoms with Crippen LogP contribution in [0.5, 0.6) is 0 Å². The van der Waals surface area contributed by atoms with Gasteiger partial charge in [0.1, 0.15) is 0 Å². The Bertz CT molecular complexity index is 450. The smallest absolute Gasteiger partial charge is 0.223 e. The Kier molecular flexibility index (Phi) is 5.62. The zero-order chi connectivity index (χ0) is 14.3. The average Bonchev–Trinajstić information content (AvgIpc) is 2.36. The monoisotopic (exact) mass is 264 g/mol. The first-order valence-electron chi connectivity index (χ1n) is 5.96. The van der Waals surface area contributed by atoms with Crippen molar-refractivity contribution in [2.75, 3.05) is 24.6 Å². The number of likely N-dealkylation sites (N-methyl/N-ethyl adjacent to an activating group) is 1. The van der Waals surface area contributed by atoms with E-state index in [0.29, 0.717) is 12.2 Å². The van der Waals surface area contributed by atoms with Crippen LogP contribution in [0, 0.1) is 0 Å². The lowest BCUT2D eigenvalue weighted by molar-refractivity contribution is 0.302. The number of hydrogen-bond donors (Lipinski definition) is 4. The number of aliphatic hydroxyl groups excluding tert-OH is 1. The van der Waals surface area contributed by atoms with E-state index in [1.165, 1.54) is 0 Å². The van der Waals surface area contributed by atoms with Crippen molar-refractivity contribution >= 4 is 23.3 Å². The molecule has 7 heteroatoms. The lowest BCUT2D eigenvalue weighted by Crippen LogP contribution is -2.26. The lowest BCUT2D eigenvalue weighted by Gasteiger charge is -2.21. The van der Waals surface area contributed by atoms with Crippen LogP contribution in [0.3, 0.4) is 0 Å². The minimum Gasteiger partial charge on any atom is -0.395 e. The summed E-state index contributed by atoms with van der Waals surface area (Å²) in [6.07, 6.45) is 0.